The molecule has 0 saturated heterocycles. The molecule has 4 aromatic carbocycles. The molecule has 0 radical (unpaired) electrons. The highest BCUT2D eigenvalue weighted by Gasteiger charge is 2.41. The van der Waals surface area contributed by atoms with Crippen molar-refractivity contribution in [3.8, 4) is 23.0 Å². The van der Waals surface area contributed by atoms with Crippen molar-refractivity contribution < 1.29 is 18.7 Å². The molecule has 346 valence electrons. The monoisotopic (exact) mass is 877 g/mol. The molecule has 1 aliphatic heterocycles. The van der Waals surface area contributed by atoms with Gasteiger partial charge in [-0.3, -0.25) is 0 Å². The molecule has 0 aliphatic carbocycles. The number of aryl methyl sites for hydroxylation is 2. The van der Waals surface area contributed by atoms with Crippen LogP contribution in [0.2, 0.25) is 0 Å². The second-order valence-corrected chi connectivity index (χ2v) is 24.8. The Labute approximate surface area is 386 Å². The van der Waals surface area contributed by atoms with Gasteiger partial charge in [0.1, 0.15) is 23.0 Å². The third-order valence-corrected chi connectivity index (χ3v) is 16.3. The van der Waals surface area contributed by atoms with E-state index < -0.39 is 8.60 Å². The Balaban J connectivity index is 1.93. The molecule has 0 fully saturated rings. The van der Waals surface area contributed by atoms with Crippen molar-refractivity contribution in [3.63, 3.8) is 0 Å². The van der Waals surface area contributed by atoms with Crippen LogP contribution in [0.3, 0.4) is 0 Å². The number of phenols is 1. The van der Waals surface area contributed by atoms with Crippen LogP contribution >= 0.6 is 8.60 Å². The SMILES string of the molecule is CCC(C)(C)c1cc2c(c(C(C)(C)CC)c1)OP(Oc1c(C(C)c3cc(C)cc(C(C)(C)C)c3O)cc(C)cc1C(C)(C)C)Oc1c(cc(C(C)(C)CC)cc1C(C)(C)CC)C2C. The number of aromatic hydroxyl groups is 1. The minimum absolute atomic E-state index is 0.0217. The van der Waals surface area contributed by atoms with E-state index in [4.69, 9.17) is 13.6 Å². The summed E-state index contributed by atoms with van der Waals surface area (Å²) in [4.78, 5) is 0. The maximum absolute atomic E-state index is 12.1. The Morgan fingerprint density at radius 2 is 0.921 bits per heavy atom. The minimum Gasteiger partial charge on any atom is -0.507 e. The topological polar surface area (TPSA) is 47.9 Å². The lowest BCUT2D eigenvalue weighted by Gasteiger charge is -2.38. The van der Waals surface area contributed by atoms with Crippen LogP contribution in [0.15, 0.2) is 48.5 Å². The Morgan fingerprint density at radius 3 is 1.30 bits per heavy atom. The second-order valence-electron chi connectivity index (χ2n) is 23.8. The van der Waals surface area contributed by atoms with Crippen LogP contribution in [0, 0.1) is 13.8 Å². The highest BCUT2D eigenvalue weighted by molar-refractivity contribution is 7.43. The number of benzene rings is 4. The van der Waals surface area contributed by atoms with E-state index in [1.165, 1.54) is 33.4 Å². The maximum Gasteiger partial charge on any atom is 0.530 e. The standard InChI is InChI=1S/C58H85O4P/c1-23-55(15,16)39-31-43-38(8)44-32-40(56(17,18)24-2)34-48(58(21,22)26-4)52(44)62-63(61-51(43)47(33-39)57(19,20)25-3)60-50-42(28-36(6)30-46(50)54(12,13)14)37(7)41-27-35(5)29-45(49(41)59)53(9,10)11/h27-34,37-38,59H,23-26H2,1-22H3. The Bertz CT molecular complexity index is 2220. The van der Waals surface area contributed by atoms with E-state index in [0.29, 0.717) is 5.75 Å². The average Bonchev–Trinajstić information content (AvgIpc) is 3.19. The third-order valence-electron chi connectivity index (χ3n) is 15.3. The van der Waals surface area contributed by atoms with Crippen LogP contribution < -0.4 is 13.6 Å². The van der Waals surface area contributed by atoms with Gasteiger partial charge in [-0.15, -0.1) is 0 Å². The van der Waals surface area contributed by atoms with Gasteiger partial charge in [0.2, 0.25) is 0 Å². The molecule has 0 bridgehead atoms. The van der Waals surface area contributed by atoms with Crippen LogP contribution in [0.5, 0.6) is 23.0 Å². The molecule has 4 aromatic rings. The lowest BCUT2D eigenvalue weighted by Crippen LogP contribution is -2.26. The molecule has 1 unspecified atom stereocenters. The van der Waals surface area contributed by atoms with Crippen molar-refractivity contribution in [1.29, 1.82) is 0 Å². The summed E-state index contributed by atoms with van der Waals surface area (Å²) in [6.45, 7) is 50.1. The molecule has 5 rings (SSSR count). The molecule has 0 spiro atoms. The number of hydrogen-bond donors (Lipinski definition) is 1. The van der Waals surface area contributed by atoms with E-state index >= 15 is 0 Å². The van der Waals surface area contributed by atoms with Gasteiger partial charge < -0.3 is 18.7 Å². The molecule has 1 aliphatic rings. The summed E-state index contributed by atoms with van der Waals surface area (Å²) in [5.74, 6) is 2.65. The summed E-state index contributed by atoms with van der Waals surface area (Å²) in [7, 11) is -2.09. The van der Waals surface area contributed by atoms with Crippen molar-refractivity contribution in [2.24, 2.45) is 0 Å². The molecule has 0 aromatic heterocycles. The van der Waals surface area contributed by atoms with Gasteiger partial charge in [-0.1, -0.05) is 198 Å². The average molecular weight is 877 g/mol. The minimum atomic E-state index is -2.09. The lowest BCUT2D eigenvalue weighted by molar-refractivity contribution is 0.355. The van der Waals surface area contributed by atoms with Crippen molar-refractivity contribution in [2.45, 2.75) is 222 Å². The van der Waals surface area contributed by atoms with Gasteiger partial charge in [-0.25, -0.2) is 0 Å². The third kappa shape index (κ3) is 10.0. The smallest absolute Gasteiger partial charge is 0.507 e. The fourth-order valence-electron chi connectivity index (χ4n) is 8.83. The molecule has 0 amide bonds. The first-order valence-corrected chi connectivity index (χ1v) is 25.1. The molecule has 1 atom stereocenters. The number of hydrogen-bond acceptors (Lipinski definition) is 4. The van der Waals surface area contributed by atoms with Gasteiger partial charge in [0.05, 0.1) is 0 Å². The van der Waals surface area contributed by atoms with E-state index in [2.05, 4.69) is 201 Å². The lowest BCUT2D eigenvalue weighted by atomic mass is 9.72. The molecule has 1 heterocycles. The highest BCUT2D eigenvalue weighted by atomic mass is 31.2. The fraction of sp³-hybridized carbons (Fsp3) is 0.586. The largest absolute Gasteiger partial charge is 0.530 e. The van der Waals surface area contributed by atoms with Gasteiger partial charge in [0.25, 0.3) is 0 Å². The first kappa shape index (κ1) is 50.5. The quantitative estimate of drug-likeness (QED) is 0.144. The van der Waals surface area contributed by atoms with Crippen molar-refractivity contribution in [3.05, 3.63) is 115 Å². The van der Waals surface area contributed by atoms with Crippen molar-refractivity contribution in [2.75, 3.05) is 0 Å². The number of rotatable bonds is 12. The summed E-state index contributed by atoms with van der Waals surface area (Å²) in [6, 6.07) is 18.5. The molecule has 1 N–H and O–H groups in total. The molecular formula is C58H85O4P. The summed E-state index contributed by atoms with van der Waals surface area (Å²) in [5, 5.41) is 12.1. The van der Waals surface area contributed by atoms with Crippen LogP contribution in [-0.2, 0) is 32.5 Å². The van der Waals surface area contributed by atoms with Gasteiger partial charge in [-0.2, -0.15) is 0 Å². The first-order valence-electron chi connectivity index (χ1n) is 24.1. The predicted octanol–water partition coefficient (Wildman–Crippen LogP) is 17.7. The Morgan fingerprint density at radius 1 is 0.540 bits per heavy atom. The summed E-state index contributed by atoms with van der Waals surface area (Å²) in [6.07, 6.45) is 3.92. The van der Waals surface area contributed by atoms with Gasteiger partial charge in [0, 0.05) is 50.8 Å². The maximum atomic E-state index is 12.1. The van der Waals surface area contributed by atoms with E-state index in [1.54, 1.807) is 0 Å². The normalized spacial score (nSPS) is 16.9. The van der Waals surface area contributed by atoms with Crippen LogP contribution in [0.25, 0.3) is 0 Å². The zero-order valence-corrected chi connectivity index (χ0v) is 44.6. The summed E-state index contributed by atoms with van der Waals surface area (Å²) < 4.78 is 22.6. The first-order chi connectivity index (χ1) is 28.8. The number of fused-ring (bicyclic) bond motifs is 2. The zero-order valence-electron chi connectivity index (χ0n) is 43.7. The molecular weight excluding hydrogens is 792 g/mol. The molecule has 5 heteroatoms. The zero-order chi connectivity index (χ0) is 47.6. The molecule has 4 nitrogen and oxygen atoms in total. The van der Waals surface area contributed by atoms with Crippen molar-refractivity contribution >= 4 is 8.60 Å². The van der Waals surface area contributed by atoms with Gasteiger partial charge in [0.15, 0.2) is 0 Å². The molecule has 0 saturated carbocycles. The van der Waals surface area contributed by atoms with Crippen LogP contribution in [0.4, 0.5) is 0 Å². The summed E-state index contributed by atoms with van der Waals surface area (Å²) in [5.41, 5.74) is 12.6. The summed E-state index contributed by atoms with van der Waals surface area (Å²) >= 11 is 0. The van der Waals surface area contributed by atoms with Gasteiger partial charge >= 0.3 is 8.60 Å². The Kier molecular flexibility index (Phi) is 14.2. The molecule has 63 heavy (non-hydrogen) atoms. The van der Waals surface area contributed by atoms with E-state index in [9.17, 15) is 5.11 Å². The fourth-order valence-corrected chi connectivity index (χ4v) is 10.0. The highest BCUT2D eigenvalue weighted by Crippen LogP contribution is 2.58. The van der Waals surface area contributed by atoms with Gasteiger partial charge in [-0.05, 0) is 88.7 Å². The predicted molar refractivity (Wildman–Crippen MR) is 271 cm³/mol. The van der Waals surface area contributed by atoms with E-state index in [1.807, 2.05) is 0 Å². The van der Waals surface area contributed by atoms with Crippen LogP contribution in [0.1, 0.15) is 243 Å². The van der Waals surface area contributed by atoms with Crippen molar-refractivity contribution in [1.82, 2.24) is 0 Å². The number of phenolic OH excluding ortho intramolecular Hbond substituents is 1. The van der Waals surface area contributed by atoms with E-state index in [-0.39, 0.29) is 44.3 Å². The van der Waals surface area contributed by atoms with Crippen LogP contribution in [-0.4, -0.2) is 5.11 Å². The second kappa shape index (κ2) is 17.7. The van der Waals surface area contributed by atoms with E-state index in [0.717, 1.165) is 76.3 Å². The Hall–Kier alpha value is -3.49.